The SMILES string of the molecule is CC[C@@]1(OC(=O)OCc2ccc(NC(=O)[C@H](CCCCNC(c3ccccc3)(c3ccccc3)c3ccc(OC)cc3)NC(=O)O)cc2)C(=O)OCc2c1cc1n(c2=O)Cc2cc3cc4c(cc3nc2-1)OCO4. The first-order valence-electron chi connectivity index (χ1n) is 23.9. The second-order valence-electron chi connectivity index (χ2n) is 17.9. The molecule has 0 bridgehead atoms. The molecule has 4 N–H and O–H groups in total. The number of nitrogens with zero attached hydrogens (tertiary/aromatic N) is 2. The van der Waals surface area contributed by atoms with Crippen molar-refractivity contribution in [3.63, 3.8) is 0 Å². The molecule has 5 aromatic carbocycles. The van der Waals surface area contributed by atoms with E-state index >= 15 is 0 Å². The molecule has 2 atom stereocenters. The van der Waals surface area contributed by atoms with E-state index in [4.69, 9.17) is 33.4 Å². The molecule has 2 aromatic heterocycles. The van der Waals surface area contributed by atoms with Crippen molar-refractivity contribution in [2.75, 3.05) is 25.8 Å². The summed E-state index contributed by atoms with van der Waals surface area (Å²) in [7, 11) is 1.63. The third-order valence-electron chi connectivity index (χ3n) is 13.7. The summed E-state index contributed by atoms with van der Waals surface area (Å²) in [5, 5.41) is 19.5. The molecule has 0 spiro atoms. The predicted molar refractivity (Wildman–Crippen MR) is 267 cm³/mol. The number of anilines is 1. The molecule has 0 saturated carbocycles. The lowest BCUT2D eigenvalue weighted by Gasteiger charge is -2.37. The molecular weight excluding hydrogens is 935 g/mol. The normalized spacial score (nSPS) is 15.6. The van der Waals surface area contributed by atoms with Crippen molar-refractivity contribution in [2.45, 2.75) is 69.5 Å². The Morgan fingerprint density at radius 1 is 0.836 bits per heavy atom. The number of unbranched alkanes of at least 4 members (excludes halogenated alkanes) is 1. The number of carbonyl (C=O) groups excluding carboxylic acids is 3. The van der Waals surface area contributed by atoms with Gasteiger partial charge in [0.1, 0.15) is 25.0 Å². The maximum Gasteiger partial charge on any atom is 0.510 e. The summed E-state index contributed by atoms with van der Waals surface area (Å²) in [4.78, 5) is 71.4. The first-order valence-corrected chi connectivity index (χ1v) is 23.9. The monoisotopic (exact) mass is 985 g/mol. The maximum atomic E-state index is 14.0. The zero-order valence-electron chi connectivity index (χ0n) is 40.0. The van der Waals surface area contributed by atoms with Gasteiger partial charge in [-0.05, 0) is 96.9 Å². The van der Waals surface area contributed by atoms with E-state index in [9.17, 15) is 29.1 Å². The molecule has 73 heavy (non-hydrogen) atoms. The van der Waals surface area contributed by atoms with Crippen LogP contribution >= 0.6 is 0 Å². The Balaban J connectivity index is 0.773. The Morgan fingerprint density at radius 2 is 1.52 bits per heavy atom. The molecule has 10 rings (SSSR count). The molecule has 3 aliphatic heterocycles. The van der Waals surface area contributed by atoms with Crippen molar-refractivity contribution in [1.82, 2.24) is 20.2 Å². The Labute approximate surface area is 419 Å². The van der Waals surface area contributed by atoms with Crippen LogP contribution < -0.4 is 35.7 Å². The summed E-state index contributed by atoms with van der Waals surface area (Å²) in [6.45, 7) is 1.96. The number of nitrogens with one attached hydrogen (secondary N) is 3. The van der Waals surface area contributed by atoms with Gasteiger partial charge in [0.2, 0.25) is 18.3 Å². The van der Waals surface area contributed by atoms with Gasteiger partial charge in [0.15, 0.2) is 11.5 Å². The van der Waals surface area contributed by atoms with Crippen LogP contribution in [0.5, 0.6) is 17.2 Å². The van der Waals surface area contributed by atoms with E-state index < -0.39 is 46.9 Å². The van der Waals surface area contributed by atoms with Crippen molar-refractivity contribution in [3.05, 3.63) is 183 Å². The van der Waals surface area contributed by atoms with Crippen LogP contribution in [-0.4, -0.2) is 65.3 Å². The summed E-state index contributed by atoms with van der Waals surface area (Å²) < 4.78 is 34.9. The molecule has 2 amide bonds. The Hall–Kier alpha value is -8.70. The van der Waals surface area contributed by atoms with Crippen LogP contribution in [-0.2, 0) is 54.7 Å². The van der Waals surface area contributed by atoms with Crippen molar-refractivity contribution < 1.29 is 52.7 Å². The van der Waals surface area contributed by atoms with E-state index in [-0.39, 0.29) is 50.5 Å². The molecule has 0 radical (unpaired) electrons. The molecule has 0 saturated heterocycles. The molecule has 17 nitrogen and oxygen atoms in total. The first-order chi connectivity index (χ1) is 35.5. The number of cyclic esters (lactones) is 1. The van der Waals surface area contributed by atoms with Crippen LogP contribution in [0.2, 0.25) is 0 Å². The fourth-order valence-electron chi connectivity index (χ4n) is 9.95. The average molecular weight is 986 g/mol. The zero-order valence-corrected chi connectivity index (χ0v) is 40.0. The summed E-state index contributed by atoms with van der Waals surface area (Å²) in [6, 6.07) is 40.8. The molecular formula is C56H51N5O12. The number of hydrogen-bond acceptors (Lipinski definition) is 13. The Kier molecular flexibility index (Phi) is 13.3. The summed E-state index contributed by atoms with van der Waals surface area (Å²) in [5.74, 6) is 0.521. The molecule has 17 heteroatoms. The van der Waals surface area contributed by atoms with E-state index in [0.29, 0.717) is 59.0 Å². The van der Waals surface area contributed by atoms with Crippen LogP contribution in [0.3, 0.4) is 0 Å². The van der Waals surface area contributed by atoms with Crippen molar-refractivity contribution >= 4 is 40.7 Å². The number of esters is 1. The first kappa shape index (κ1) is 48.0. The minimum absolute atomic E-state index is 0.0604. The minimum atomic E-state index is -1.98. The van der Waals surface area contributed by atoms with Crippen molar-refractivity contribution in [3.8, 4) is 28.6 Å². The fourth-order valence-corrected chi connectivity index (χ4v) is 9.95. The van der Waals surface area contributed by atoms with E-state index in [1.54, 1.807) is 55.0 Å². The second kappa shape index (κ2) is 20.2. The van der Waals surface area contributed by atoms with Crippen LogP contribution in [0.15, 0.2) is 138 Å². The van der Waals surface area contributed by atoms with Gasteiger partial charge in [-0.3, -0.25) is 14.9 Å². The molecule has 5 heterocycles. The summed E-state index contributed by atoms with van der Waals surface area (Å²) in [5.41, 5.74) is 3.68. The van der Waals surface area contributed by atoms with Gasteiger partial charge in [-0.2, -0.15) is 0 Å². The number of ether oxygens (including phenoxy) is 6. The van der Waals surface area contributed by atoms with Crippen molar-refractivity contribution in [1.29, 1.82) is 0 Å². The number of pyridine rings is 2. The standard InChI is InChI=1S/C56H51N5O12/c1-3-55(43-28-46-49-36(30-61(46)51(63)42(43)32-69-52(55)64)26-35-27-47-48(72-33-71-47)29-45(35)59-49)73-54(67)70-31-34-17-21-40(22-18-34)58-50(62)44(60-53(65)66)16-10-11-25-57-56(37-12-6-4-7-13-37,38-14-8-5-9-15-38)39-19-23-41(68-2)24-20-39/h4-9,12-15,17-24,26-29,44,57,60H,3,10-11,16,25,30-33H2,1-2H3,(H,58,62)(H,65,66)/t44-,55-/m0/s1. The highest BCUT2D eigenvalue weighted by molar-refractivity contribution is 5.96. The number of benzene rings is 5. The zero-order chi connectivity index (χ0) is 50.7. The number of carbonyl (C=O) groups is 4. The molecule has 0 unspecified atom stereocenters. The number of carboxylic acid groups (broad SMARTS) is 1. The van der Waals surface area contributed by atoms with Gasteiger partial charge in [0, 0.05) is 28.3 Å². The average Bonchev–Trinajstić information content (AvgIpc) is 4.03. The topological polar surface area (TPSA) is 215 Å². The predicted octanol–water partition coefficient (Wildman–Crippen LogP) is 8.50. The largest absolute Gasteiger partial charge is 0.510 e. The summed E-state index contributed by atoms with van der Waals surface area (Å²) >= 11 is 0. The van der Waals surface area contributed by atoms with Gasteiger partial charge in [-0.15, -0.1) is 0 Å². The third kappa shape index (κ3) is 9.26. The molecule has 3 aliphatic rings. The Bertz CT molecular complexity index is 3250. The van der Waals surface area contributed by atoms with Gasteiger partial charge >= 0.3 is 18.2 Å². The van der Waals surface area contributed by atoms with Gasteiger partial charge in [-0.25, -0.2) is 19.4 Å². The molecule has 0 fully saturated rings. The fraction of sp³-hybridized carbons (Fsp3) is 0.250. The maximum absolute atomic E-state index is 14.0. The van der Waals surface area contributed by atoms with Crippen LogP contribution in [0.1, 0.15) is 71.6 Å². The van der Waals surface area contributed by atoms with Gasteiger partial charge in [0.25, 0.3) is 5.56 Å². The van der Waals surface area contributed by atoms with Gasteiger partial charge < -0.3 is 48.7 Å². The van der Waals surface area contributed by atoms with E-state index in [2.05, 4.69) is 40.2 Å². The van der Waals surface area contributed by atoms with Gasteiger partial charge in [-0.1, -0.05) is 91.9 Å². The number of hydrogen-bond donors (Lipinski definition) is 4. The van der Waals surface area contributed by atoms with E-state index in [1.807, 2.05) is 72.8 Å². The lowest BCUT2D eigenvalue weighted by Crippen LogP contribution is -2.47. The minimum Gasteiger partial charge on any atom is -0.497 e. The highest BCUT2D eigenvalue weighted by Gasteiger charge is 2.51. The summed E-state index contributed by atoms with van der Waals surface area (Å²) in [6.07, 6.45) is -1.21. The number of fused-ring (bicyclic) bond motifs is 6. The highest BCUT2D eigenvalue weighted by Crippen LogP contribution is 2.43. The molecule has 7 aromatic rings. The number of aromatic nitrogens is 2. The van der Waals surface area contributed by atoms with Gasteiger partial charge in [0.05, 0.1) is 41.7 Å². The lowest BCUT2D eigenvalue weighted by molar-refractivity contribution is -0.175. The molecule has 372 valence electrons. The third-order valence-corrected chi connectivity index (χ3v) is 13.7. The lowest BCUT2D eigenvalue weighted by atomic mass is 9.77. The number of rotatable bonds is 17. The Morgan fingerprint density at radius 3 is 2.19 bits per heavy atom. The quantitative estimate of drug-likeness (QED) is 0.0383. The number of methoxy groups -OCH3 is 1. The van der Waals surface area contributed by atoms with Crippen LogP contribution in [0, 0.1) is 0 Å². The van der Waals surface area contributed by atoms with Crippen LogP contribution in [0.4, 0.5) is 15.3 Å². The van der Waals surface area contributed by atoms with Crippen molar-refractivity contribution in [2.24, 2.45) is 0 Å². The molecule has 0 aliphatic carbocycles. The highest BCUT2D eigenvalue weighted by atomic mass is 16.7. The number of amides is 2. The van der Waals surface area contributed by atoms with Crippen LogP contribution in [0.25, 0.3) is 22.3 Å². The smallest absolute Gasteiger partial charge is 0.497 e. The van der Waals surface area contributed by atoms with E-state index in [0.717, 1.165) is 33.4 Å². The van der Waals surface area contributed by atoms with E-state index in [1.165, 1.54) is 0 Å². The second-order valence-corrected chi connectivity index (χ2v) is 17.9.